The highest BCUT2D eigenvalue weighted by Crippen LogP contribution is 2.47. The molecule has 3 aliphatic heterocycles. The van der Waals surface area contributed by atoms with Crippen LogP contribution < -0.4 is 26.0 Å². The molecule has 0 N–H and O–H groups in total. The van der Waals surface area contributed by atoms with Gasteiger partial charge in [-0.25, -0.2) is 9.69 Å². The van der Waals surface area contributed by atoms with Gasteiger partial charge in [0.15, 0.2) is 0 Å². The number of carbonyl (C=O) groups excluding carboxylic acids is 1. The second-order valence-electron chi connectivity index (χ2n) is 9.65. The van der Waals surface area contributed by atoms with E-state index in [0.29, 0.717) is 5.75 Å². The second kappa shape index (κ2) is 5.91. The third-order valence-corrected chi connectivity index (χ3v) is 8.04. The number of benzene rings is 6. The molecule has 0 bridgehead atoms. The Morgan fingerprint density at radius 3 is 2.31 bits per heavy atom. The molecule has 0 saturated carbocycles. The van der Waals surface area contributed by atoms with Gasteiger partial charge in [0.25, 0.3) is 0 Å². The van der Waals surface area contributed by atoms with Crippen molar-refractivity contribution in [2.75, 3.05) is 4.90 Å². The minimum atomic E-state index is -0.341. The fraction of sp³-hybridized carbons (Fsp3) is 0. The van der Waals surface area contributed by atoms with Gasteiger partial charge in [0, 0.05) is 10.8 Å². The van der Waals surface area contributed by atoms with E-state index in [-0.39, 0.29) is 12.8 Å². The molecule has 3 aliphatic rings. The first-order valence-corrected chi connectivity index (χ1v) is 11.9. The molecule has 6 aromatic carbocycles. The lowest BCUT2D eigenvalue weighted by molar-refractivity contribution is 0.210. The Labute approximate surface area is 201 Å². The number of hydrogen-bond donors (Lipinski definition) is 0. The zero-order valence-electron chi connectivity index (χ0n) is 18.6. The number of anilines is 2. The Balaban J connectivity index is 1.58. The number of nitrogens with zero attached hydrogens (tertiary/aromatic N) is 1. The van der Waals surface area contributed by atoms with E-state index in [1.54, 1.807) is 0 Å². The van der Waals surface area contributed by atoms with Gasteiger partial charge in [-0.2, -0.15) is 0 Å². The molecule has 160 valence electrons. The minimum absolute atomic E-state index is 0.0396. The fourth-order valence-electron chi connectivity index (χ4n) is 6.75. The van der Waals surface area contributed by atoms with Gasteiger partial charge in [-0.15, -0.1) is 0 Å². The summed E-state index contributed by atoms with van der Waals surface area (Å²) in [5.74, 6) is 0.638. The molecule has 4 heteroatoms. The Kier molecular flexibility index (Phi) is 3.02. The number of ether oxygens (including phenoxy) is 1. The van der Waals surface area contributed by atoms with E-state index in [1.165, 1.54) is 32.8 Å². The lowest BCUT2D eigenvalue weighted by Gasteiger charge is -2.41. The molecular formula is C31H16BNO2. The van der Waals surface area contributed by atoms with Crippen LogP contribution in [0, 0.1) is 0 Å². The van der Waals surface area contributed by atoms with E-state index in [9.17, 15) is 4.79 Å². The maximum Gasteiger partial charge on any atom is 0.424 e. The first-order valence-electron chi connectivity index (χ1n) is 11.9. The van der Waals surface area contributed by atoms with Gasteiger partial charge in [-0.1, -0.05) is 90.4 Å². The van der Waals surface area contributed by atoms with Crippen molar-refractivity contribution in [2.24, 2.45) is 0 Å². The van der Waals surface area contributed by atoms with Crippen molar-refractivity contribution in [3.05, 3.63) is 97.1 Å². The topological polar surface area (TPSA) is 29.5 Å². The first kappa shape index (κ1) is 17.9. The summed E-state index contributed by atoms with van der Waals surface area (Å²) in [5.41, 5.74) is 8.00. The van der Waals surface area contributed by atoms with Crippen molar-refractivity contribution < 1.29 is 9.53 Å². The standard InChI is InChI=1S/C31H16BNO2/c34-31-33-29-20-10-2-1-6-19(20)16-22-21-11-3-7-17-8-4-12-23(26(17)21)32(28(22)29)24-15-14-18-9-5-13-25(35-31)27(18)30(24)33/h1-16H. The molecule has 0 radical (unpaired) electrons. The van der Waals surface area contributed by atoms with E-state index in [0.717, 1.165) is 38.4 Å². The van der Waals surface area contributed by atoms with Crippen LogP contribution in [-0.4, -0.2) is 12.8 Å². The van der Waals surface area contributed by atoms with Gasteiger partial charge in [0.2, 0.25) is 6.71 Å². The molecular weight excluding hydrogens is 429 g/mol. The van der Waals surface area contributed by atoms with E-state index < -0.39 is 0 Å². The highest BCUT2D eigenvalue weighted by Gasteiger charge is 2.45. The molecule has 35 heavy (non-hydrogen) atoms. The molecule has 0 spiro atoms. The molecule has 3 nitrogen and oxygen atoms in total. The number of amides is 1. The van der Waals surface area contributed by atoms with E-state index >= 15 is 0 Å². The second-order valence-corrected chi connectivity index (χ2v) is 9.65. The molecule has 0 aromatic heterocycles. The summed E-state index contributed by atoms with van der Waals surface area (Å²) >= 11 is 0. The molecule has 0 atom stereocenters. The molecule has 3 heterocycles. The molecule has 1 amide bonds. The van der Waals surface area contributed by atoms with Gasteiger partial charge >= 0.3 is 6.09 Å². The molecule has 0 aliphatic carbocycles. The summed E-state index contributed by atoms with van der Waals surface area (Å²) in [6.45, 7) is 0.0396. The normalized spacial score (nSPS) is 14.5. The van der Waals surface area contributed by atoms with Crippen LogP contribution in [0.5, 0.6) is 5.75 Å². The largest absolute Gasteiger partial charge is 0.424 e. The van der Waals surface area contributed by atoms with Gasteiger partial charge in [-0.3, -0.25) is 0 Å². The van der Waals surface area contributed by atoms with Gasteiger partial charge in [-0.05, 0) is 55.7 Å². The van der Waals surface area contributed by atoms with Crippen LogP contribution in [-0.2, 0) is 0 Å². The van der Waals surface area contributed by atoms with E-state index in [2.05, 4.69) is 84.9 Å². The van der Waals surface area contributed by atoms with E-state index in [1.807, 2.05) is 17.0 Å². The van der Waals surface area contributed by atoms with Crippen LogP contribution in [0.15, 0.2) is 97.1 Å². The Hall–Kier alpha value is -4.57. The van der Waals surface area contributed by atoms with Crippen molar-refractivity contribution in [3.8, 4) is 16.9 Å². The first-order chi connectivity index (χ1) is 17.3. The Morgan fingerprint density at radius 1 is 0.629 bits per heavy atom. The van der Waals surface area contributed by atoms with Gasteiger partial charge in [0.05, 0.1) is 11.4 Å². The Morgan fingerprint density at radius 2 is 1.40 bits per heavy atom. The Bertz CT molecular complexity index is 1970. The molecule has 9 rings (SSSR count). The maximum absolute atomic E-state index is 13.7. The third kappa shape index (κ3) is 1.99. The van der Waals surface area contributed by atoms with Crippen molar-refractivity contribution in [1.82, 2.24) is 0 Å². The quantitative estimate of drug-likeness (QED) is 0.284. The predicted molar refractivity (Wildman–Crippen MR) is 144 cm³/mol. The number of fused-ring (bicyclic) bond motifs is 6. The maximum atomic E-state index is 13.7. The summed E-state index contributed by atoms with van der Waals surface area (Å²) in [6.07, 6.45) is -0.341. The molecule has 0 fully saturated rings. The van der Waals surface area contributed by atoms with Gasteiger partial charge < -0.3 is 4.74 Å². The van der Waals surface area contributed by atoms with Crippen molar-refractivity contribution in [3.63, 3.8) is 0 Å². The van der Waals surface area contributed by atoms with Crippen LogP contribution in [0.4, 0.5) is 16.2 Å². The average molecular weight is 445 g/mol. The summed E-state index contributed by atoms with van der Waals surface area (Å²) in [6, 6.07) is 34.2. The third-order valence-electron chi connectivity index (χ3n) is 8.04. The summed E-state index contributed by atoms with van der Waals surface area (Å²) in [4.78, 5) is 15.5. The lowest BCUT2D eigenvalue weighted by atomic mass is 9.32. The van der Waals surface area contributed by atoms with Crippen molar-refractivity contribution in [1.29, 1.82) is 0 Å². The van der Waals surface area contributed by atoms with Crippen LogP contribution in [0.1, 0.15) is 0 Å². The van der Waals surface area contributed by atoms with Gasteiger partial charge in [0.1, 0.15) is 5.75 Å². The monoisotopic (exact) mass is 445 g/mol. The number of rotatable bonds is 0. The SMILES string of the molecule is O=C1Oc2cccc3ccc4c(c23)N1c1c2c(cc3ccccc13)-c1cccc3cccc(c13)B42. The zero-order valence-corrected chi connectivity index (χ0v) is 18.6. The summed E-state index contributed by atoms with van der Waals surface area (Å²) < 4.78 is 5.94. The summed E-state index contributed by atoms with van der Waals surface area (Å²) in [7, 11) is 0. The summed E-state index contributed by atoms with van der Waals surface area (Å²) in [5, 5.41) is 6.84. The number of hydrogen-bond acceptors (Lipinski definition) is 2. The van der Waals surface area contributed by atoms with E-state index in [4.69, 9.17) is 4.74 Å². The minimum Gasteiger partial charge on any atom is -0.409 e. The number of carbonyl (C=O) groups is 1. The zero-order chi connectivity index (χ0) is 22.8. The molecule has 0 saturated heterocycles. The highest BCUT2D eigenvalue weighted by atomic mass is 16.6. The van der Waals surface area contributed by atoms with Crippen LogP contribution >= 0.6 is 0 Å². The lowest BCUT2D eigenvalue weighted by Crippen LogP contribution is -2.61. The van der Waals surface area contributed by atoms with Crippen molar-refractivity contribution >= 4 is 72.9 Å². The fourth-order valence-corrected chi connectivity index (χ4v) is 6.75. The van der Waals surface area contributed by atoms with Crippen LogP contribution in [0.2, 0.25) is 0 Å². The molecule has 0 unspecified atom stereocenters. The van der Waals surface area contributed by atoms with Crippen LogP contribution in [0.25, 0.3) is 43.4 Å². The van der Waals surface area contributed by atoms with Crippen molar-refractivity contribution in [2.45, 2.75) is 0 Å². The van der Waals surface area contributed by atoms with Crippen LogP contribution in [0.3, 0.4) is 0 Å². The average Bonchev–Trinajstić information content (AvgIpc) is 2.90. The smallest absolute Gasteiger partial charge is 0.409 e. The highest BCUT2D eigenvalue weighted by molar-refractivity contribution is 7.01. The predicted octanol–water partition coefficient (Wildman–Crippen LogP) is 5.61. The molecule has 6 aromatic rings.